The van der Waals surface area contributed by atoms with Gasteiger partial charge < -0.3 is 5.41 Å². The van der Waals surface area contributed by atoms with Gasteiger partial charge in [0.15, 0.2) is 0 Å². The lowest BCUT2D eigenvalue weighted by molar-refractivity contribution is -0.126. The van der Waals surface area contributed by atoms with Crippen molar-refractivity contribution in [3.05, 3.63) is 5.41 Å². The second-order valence-corrected chi connectivity index (χ2v) is 2.27. The third-order valence-electron chi connectivity index (χ3n) is 1.26. The quantitative estimate of drug-likeness (QED) is 0.346. The molecule has 0 saturated heterocycles. The molecule has 7 nitrogen and oxygen atoms in total. The van der Waals surface area contributed by atoms with Crippen molar-refractivity contribution in [1.82, 2.24) is 5.32 Å². The Bertz CT molecular complexity index is 414. The van der Waals surface area contributed by atoms with E-state index in [1.165, 1.54) is 11.5 Å². The number of amidine groups is 1. The molecule has 0 aromatic rings. The minimum absolute atomic E-state index is 0.0583. The summed E-state index contributed by atoms with van der Waals surface area (Å²) in [4.78, 5) is 22.1. The van der Waals surface area contributed by atoms with Crippen molar-refractivity contribution < 1.29 is 10.2 Å². The molecule has 2 rings (SSSR count). The number of nitrogens with zero attached hydrogens (tertiary/aromatic N) is 4. The number of isothiocyanates is 1. The van der Waals surface area contributed by atoms with Gasteiger partial charge in [0.25, 0.3) is 5.84 Å². The first kappa shape index (κ1) is 10.0. The monoisotopic (exact) mass is 208 g/mol. The van der Waals surface area contributed by atoms with Gasteiger partial charge in [-0.25, -0.2) is 15.1 Å². The Balaban J connectivity index is 0.000000293. The largest absolute Gasteiger partial charge is 0.753 e. The lowest BCUT2D eigenvalue weighted by Crippen LogP contribution is -2.55. The average molecular weight is 208 g/mol. The number of nitrogens with one attached hydrogen (secondary N) is 1. The first-order valence-electron chi connectivity index (χ1n) is 3.33. The Morgan fingerprint density at radius 1 is 1.64 bits per heavy atom. The molecule has 14 heavy (non-hydrogen) atoms. The normalized spacial score (nSPS) is 16.9. The maximum atomic E-state index is 11.0. The third kappa shape index (κ3) is 2.00. The molecular weight excluding hydrogens is 204 g/mol. The number of hydrogen-bond acceptors (Lipinski definition) is 4. The Hall–Kier alpha value is -2.05. The first-order valence-corrected chi connectivity index (χ1v) is 3.74. The molecule has 2 heterocycles. The summed E-state index contributed by atoms with van der Waals surface area (Å²) in [7, 11) is 0. The van der Waals surface area contributed by atoms with Crippen LogP contribution < -0.4 is 10.7 Å². The third-order valence-corrected chi connectivity index (χ3v) is 1.26. The van der Waals surface area contributed by atoms with Crippen LogP contribution in [0.2, 0.25) is 0 Å². The first-order chi connectivity index (χ1) is 6.69. The highest BCUT2D eigenvalue weighted by atomic mass is 32.1. The lowest BCUT2D eigenvalue weighted by atomic mass is 10.3. The Morgan fingerprint density at radius 2 is 2.29 bits per heavy atom. The van der Waals surface area contributed by atoms with Crippen LogP contribution in [0.3, 0.4) is 0 Å². The van der Waals surface area contributed by atoms with E-state index in [4.69, 9.17) is 10.8 Å². The Labute approximate surface area is 83.7 Å². The summed E-state index contributed by atoms with van der Waals surface area (Å²) < 4.78 is 0. The van der Waals surface area contributed by atoms with E-state index < -0.39 is 0 Å². The summed E-state index contributed by atoms with van der Waals surface area (Å²) in [5, 5.41) is 16.0. The van der Waals surface area contributed by atoms with E-state index in [2.05, 4.69) is 32.5 Å². The molecule has 0 aromatic heterocycles. The topological polar surface area (TPSA) is 114 Å². The maximum Gasteiger partial charge on any atom is 0.392 e. The highest BCUT2D eigenvalue weighted by Gasteiger charge is 2.32. The van der Waals surface area contributed by atoms with Gasteiger partial charge in [0.2, 0.25) is 5.71 Å². The SMILES string of the molecule is [N-]=C=S.[NH2+]=C1N=C2N=CN=C2C(=O)N1. The number of rotatable bonds is 0. The number of guanidine groups is 1. The van der Waals surface area contributed by atoms with Crippen LogP contribution in [-0.2, 0) is 4.79 Å². The van der Waals surface area contributed by atoms with E-state index >= 15 is 0 Å². The fourth-order valence-electron chi connectivity index (χ4n) is 0.820. The van der Waals surface area contributed by atoms with Crippen LogP contribution in [0.5, 0.6) is 0 Å². The molecule has 0 saturated carbocycles. The Morgan fingerprint density at radius 3 is 2.93 bits per heavy atom. The van der Waals surface area contributed by atoms with Crippen LogP contribution in [0.25, 0.3) is 5.41 Å². The van der Waals surface area contributed by atoms with E-state index in [1.54, 1.807) is 0 Å². The second-order valence-electron chi connectivity index (χ2n) is 2.09. The molecule has 0 fully saturated rings. The van der Waals surface area contributed by atoms with E-state index in [1.807, 2.05) is 0 Å². The number of nitrogens with two attached hydrogens (primary N) is 1. The molecule has 2 aliphatic rings. The maximum absolute atomic E-state index is 11.0. The van der Waals surface area contributed by atoms with Crippen molar-refractivity contribution in [3.63, 3.8) is 0 Å². The number of fused-ring (bicyclic) bond motifs is 1. The van der Waals surface area contributed by atoms with Gasteiger partial charge in [-0.1, -0.05) is 12.2 Å². The summed E-state index contributed by atoms with van der Waals surface area (Å²) >= 11 is 3.70. The summed E-state index contributed by atoms with van der Waals surface area (Å²) in [6.45, 7) is 0. The van der Waals surface area contributed by atoms with Crippen LogP contribution in [0, 0.1) is 0 Å². The van der Waals surface area contributed by atoms with Crippen molar-refractivity contribution in [1.29, 1.82) is 0 Å². The fourth-order valence-corrected chi connectivity index (χ4v) is 0.820. The van der Waals surface area contributed by atoms with E-state index in [9.17, 15) is 4.79 Å². The molecule has 0 atom stereocenters. The number of thiocarbonyl (C=S) groups is 1. The van der Waals surface area contributed by atoms with Crippen molar-refractivity contribution >= 4 is 47.1 Å². The zero-order valence-corrected chi connectivity index (χ0v) is 7.58. The molecule has 0 aliphatic carbocycles. The zero-order chi connectivity index (χ0) is 10.6. The van der Waals surface area contributed by atoms with Crippen molar-refractivity contribution in [2.45, 2.75) is 0 Å². The minimum atomic E-state index is -0.356. The average Bonchev–Trinajstić information content (AvgIpc) is 2.53. The summed E-state index contributed by atoms with van der Waals surface area (Å²) in [6.07, 6.45) is 1.27. The van der Waals surface area contributed by atoms with Crippen molar-refractivity contribution in [2.24, 2.45) is 15.0 Å². The predicted octanol–water partition coefficient (Wildman–Crippen LogP) is -2.23. The molecule has 0 radical (unpaired) electrons. The van der Waals surface area contributed by atoms with Crippen molar-refractivity contribution in [3.8, 4) is 0 Å². The summed E-state index contributed by atoms with van der Waals surface area (Å²) in [6, 6.07) is 0. The van der Waals surface area contributed by atoms with Gasteiger partial charge in [0.05, 0.1) is 0 Å². The molecule has 70 valence electrons. The molecule has 0 bridgehead atoms. The zero-order valence-electron chi connectivity index (χ0n) is 6.76. The molecule has 0 aromatic carbocycles. The van der Waals surface area contributed by atoms with E-state index in [-0.39, 0.29) is 23.4 Å². The second kappa shape index (κ2) is 4.26. The van der Waals surface area contributed by atoms with Gasteiger partial charge in [-0.05, 0) is 4.99 Å². The number of aliphatic imine (C=N–C) groups is 3. The van der Waals surface area contributed by atoms with Crippen LogP contribution in [0.1, 0.15) is 0 Å². The molecule has 0 unspecified atom stereocenters. The van der Waals surface area contributed by atoms with E-state index in [0.29, 0.717) is 0 Å². The molecule has 0 spiro atoms. The van der Waals surface area contributed by atoms with Crippen LogP contribution >= 0.6 is 12.2 Å². The van der Waals surface area contributed by atoms with Gasteiger partial charge in [0, 0.05) is 0 Å². The number of carbonyl (C=O) groups excluding carboxylic acids is 1. The number of hydrogen-bond donors (Lipinski definition) is 2. The summed E-state index contributed by atoms with van der Waals surface area (Å²) in [5.74, 6) is -0.0146. The summed E-state index contributed by atoms with van der Waals surface area (Å²) in [5.41, 5.74) is 0.221. The van der Waals surface area contributed by atoms with Gasteiger partial charge in [0.1, 0.15) is 6.34 Å². The highest BCUT2D eigenvalue weighted by Crippen LogP contribution is 1.98. The Kier molecular flexibility index (Phi) is 3.05. The standard InChI is InChI=1S/C5H3N5O.CNS/c6-5-9-3-2(4(11)10-5)7-1-8-3;2-1-3/h1H,(H2,6,10,11);/q;-1/p+1. The van der Waals surface area contributed by atoms with Gasteiger partial charge in [-0.3, -0.25) is 5.41 Å². The lowest BCUT2D eigenvalue weighted by Gasteiger charge is -1.99. The number of carbonyl (C=O) groups is 1. The van der Waals surface area contributed by atoms with Gasteiger partial charge in [-0.2, -0.15) is 10.2 Å². The highest BCUT2D eigenvalue weighted by molar-refractivity contribution is 7.78. The van der Waals surface area contributed by atoms with Crippen molar-refractivity contribution in [2.75, 3.05) is 0 Å². The predicted molar refractivity (Wildman–Crippen MR) is 54.4 cm³/mol. The van der Waals surface area contributed by atoms with E-state index in [0.717, 1.165) is 0 Å². The molecular formula is C6H4N6OS. The van der Waals surface area contributed by atoms with Crippen LogP contribution in [0.4, 0.5) is 0 Å². The molecule has 2 aliphatic heterocycles. The van der Waals surface area contributed by atoms with Gasteiger partial charge >= 0.3 is 11.9 Å². The van der Waals surface area contributed by atoms with Crippen LogP contribution in [-0.4, -0.2) is 34.9 Å². The van der Waals surface area contributed by atoms with Gasteiger partial charge in [-0.15, -0.1) is 0 Å². The fraction of sp³-hybridized carbons (Fsp3) is 0. The minimum Gasteiger partial charge on any atom is -0.753 e. The molecule has 1 amide bonds. The molecule has 3 N–H and O–H groups in total. The number of amides is 1. The molecule has 8 heteroatoms. The van der Waals surface area contributed by atoms with Crippen LogP contribution in [0.15, 0.2) is 15.0 Å². The smallest absolute Gasteiger partial charge is 0.392 e.